The van der Waals surface area contributed by atoms with E-state index >= 15 is 0 Å². The van der Waals surface area contributed by atoms with Gasteiger partial charge in [0.05, 0.1) is 11.3 Å². The van der Waals surface area contributed by atoms with Crippen LogP contribution in [0.15, 0.2) is 0 Å². The van der Waals surface area contributed by atoms with Crippen LogP contribution in [0.2, 0.25) is 0 Å². The van der Waals surface area contributed by atoms with Gasteiger partial charge >= 0.3 is 11.9 Å². The van der Waals surface area contributed by atoms with E-state index in [0.29, 0.717) is 0 Å². The minimum atomic E-state index is -0.757. The van der Waals surface area contributed by atoms with Gasteiger partial charge in [-0.15, -0.1) is 0 Å². The van der Waals surface area contributed by atoms with Crippen molar-refractivity contribution in [1.82, 2.24) is 0 Å². The molecule has 0 aromatic heterocycles. The van der Waals surface area contributed by atoms with Crippen LogP contribution in [0, 0.1) is 29.1 Å². The standard InChI is InChI=1S/C6H12O2.C6H14.C5H10O2.2Ru/c1-4(2)5(3)6(7)8;1-5(2)6(3)4;1-5(2,3)4(6)7;;/h4-5H,1-3H3,(H,7,8);5-6H,1-4H3;1-3H3,(H,6,7);;. The first kappa shape index (κ1) is 34.5. The maximum Gasteiger partial charge on any atom is 0.308 e. The molecule has 0 heterocycles. The Balaban J connectivity index is -0.0000000681. The Labute approximate surface area is 168 Å². The fraction of sp³-hybridized carbons (Fsp3) is 0.882. The number of carbonyl (C=O) groups is 2. The van der Waals surface area contributed by atoms with Gasteiger partial charge in [-0.05, 0) is 38.5 Å². The van der Waals surface area contributed by atoms with Crippen molar-refractivity contribution < 1.29 is 58.8 Å². The molecule has 0 fully saturated rings. The molecule has 23 heavy (non-hydrogen) atoms. The first-order valence-electron chi connectivity index (χ1n) is 7.60. The maximum absolute atomic E-state index is 10.1. The molecule has 0 aromatic carbocycles. The van der Waals surface area contributed by atoms with Gasteiger partial charge in [0.15, 0.2) is 0 Å². The van der Waals surface area contributed by atoms with Gasteiger partial charge in [-0.1, -0.05) is 48.5 Å². The molecule has 0 amide bonds. The Hall–Kier alpha value is 0.187. The van der Waals surface area contributed by atoms with Gasteiger partial charge in [-0.2, -0.15) is 0 Å². The summed E-state index contributed by atoms with van der Waals surface area (Å²) in [6.45, 7) is 19.5. The Kier molecular flexibility index (Phi) is 25.5. The molecule has 0 radical (unpaired) electrons. The smallest absolute Gasteiger partial charge is 0.308 e. The average Bonchev–Trinajstić information content (AvgIpc) is 2.27. The summed E-state index contributed by atoms with van der Waals surface area (Å²) < 4.78 is 0. The molecule has 0 saturated carbocycles. The van der Waals surface area contributed by atoms with E-state index in [2.05, 4.69) is 27.7 Å². The Bertz CT molecular complexity index is 289. The third-order valence-corrected chi connectivity index (χ3v) is 3.36. The molecular formula is C17H36O4Ru2. The van der Waals surface area contributed by atoms with Crippen LogP contribution in [0.3, 0.4) is 0 Å². The van der Waals surface area contributed by atoms with Crippen LogP contribution in [0.5, 0.6) is 0 Å². The summed E-state index contributed by atoms with van der Waals surface area (Å²) in [5.41, 5.74) is -0.583. The van der Waals surface area contributed by atoms with Crippen molar-refractivity contribution in [3.05, 3.63) is 0 Å². The van der Waals surface area contributed by atoms with Crippen LogP contribution in [0.4, 0.5) is 0 Å². The number of carboxylic acid groups (broad SMARTS) is 2. The van der Waals surface area contributed by atoms with Gasteiger partial charge in [-0.25, -0.2) is 0 Å². The molecule has 0 spiro atoms. The Morgan fingerprint density at radius 1 is 0.696 bits per heavy atom. The molecule has 0 aliphatic rings. The molecule has 2 N–H and O–H groups in total. The molecule has 1 atom stereocenters. The maximum atomic E-state index is 10.1. The van der Waals surface area contributed by atoms with E-state index in [0.717, 1.165) is 11.8 Å². The van der Waals surface area contributed by atoms with Gasteiger partial charge in [-0.3, -0.25) is 9.59 Å². The van der Waals surface area contributed by atoms with E-state index < -0.39 is 17.4 Å². The second kappa shape index (κ2) is 17.0. The third-order valence-electron chi connectivity index (χ3n) is 3.36. The fourth-order valence-corrected chi connectivity index (χ4v) is 0.285. The van der Waals surface area contributed by atoms with Gasteiger partial charge in [0.2, 0.25) is 0 Å². The first-order chi connectivity index (χ1) is 9.14. The molecule has 0 saturated heterocycles. The van der Waals surface area contributed by atoms with Crippen molar-refractivity contribution >= 4 is 11.9 Å². The zero-order chi connectivity index (χ0) is 18.0. The number of hydrogen-bond donors (Lipinski definition) is 2. The SMILES string of the molecule is CC(C)(C)C(=O)O.CC(C)C(C)C.CC(C)C(C)C(=O)O.[Ru].[Ru]. The topological polar surface area (TPSA) is 74.6 Å². The van der Waals surface area contributed by atoms with Crippen LogP contribution >= 0.6 is 0 Å². The molecule has 0 rings (SSSR count). The minimum absolute atomic E-state index is 0. The Morgan fingerprint density at radius 2 is 0.913 bits per heavy atom. The van der Waals surface area contributed by atoms with E-state index in [9.17, 15) is 9.59 Å². The van der Waals surface area contributed by atoms with E-state index in [1.807, 2.05) is 13.8 Å². The van der Waals surface area contributed by atoms with Crippen molar-refractivity contribution in [2.75, 3.05) is 0 Å². The van der Waals surface area contributed by atoms with Gasteiger partial charge in [0.25, 0.3) is 0 Å². The molecule has 1 unspecified atom stereocenters. The number of hydrogen-bond acceptors (Lipinski definition) is 2. The van der Waals surface area contributed by atoms with Crippen LogP contribution < -0.4 is 0 Å². The van der Waals surface area contributed by atoms with Crippen molar-refractivity contribution in [3.63, 3.8) is 0 Å². The summed E-state index contributed by atoms with van der Waals surface area (Å²) in [5.74, 6) is 0.269. The van der Waals surface area contributed by atoms with Gasteiger partial charge in [0.1, 0.15) is 0 Å². The quantitative estimate of drug-likeness (QED) is 0.541. The normalized spacial score (nSPS) is 11.2. The summed E-state index contributed by atoms with van der Waals surface area (Å²) >= 11 is 0. The minimum Gasteiger partial charge on any atom is -0.481 e. The zero-order valence-corrected chi connectivity index (χ0v) is 19.7. The van der Waals surface area contributed by atoms with Crippen LogP contribution in [0.1, 0.15) is 69.2 Å². The van der Waals surface area contributed by atoms with Crippen molar-refractivity contribution in [2.24, 2.45) is 29.1 Å². The summed E-state index contributed by atoms with van der Waals surface area (Å²) in [6.07, 6.45) is 0. The van der Waals surface area contributed by atoms with Crippen molar-refractivity contribution in [1.29, 1.82) is 0 Å². The van der Waals surface area contributed by atoms with Crippen LogP contribution in [-0.2, 0) is 48.5 Å². The monoisotopic (exact) mass is 508 g/mol. The van der Waals surface area contributed by atoms with E-state index in [-0.39, 0.29) is 50.8 Å². The molecule has 0 aliphatic carbocycles. The van der Waals surface area contributed by atoms with Crippen LogP contribution in [-0.4, -0.2) is 22.2 Å². The van der Waals surface area contributed by atoms with Gasteiger partial charge in [0, 0.05) is 39.0 Å². The molecule has 0 bridgehead atoms. The van der Waals surface area contributed by atoms with Crippen molar-refractivity contribution in [3.8, 4) is 0 Å². The molecule has 6 heteroatoms. The fourth-order valence-electron chi connectivity index (χ4n) is 0.285. The van der Waals surface area contributed by atoms with E-state index in [1.54, 1.807) is 27.7 Å². The summed E-state index contributed by atoms with van der Waals surface area (Å²) in [5, 5.41) is 16.6. The Morgan fingerprint density at radius 3 is 0.913 bits per heavy atom. The summed E-state index contributed by atoms with van der Waals surface area (Å²) in [6, 6.07) is 0. The molecule has 0 aromatic rings. The van der Waals surface area contributed by atoms with E-state index in [1.165, 1.54) is 0 Å². The van der Waals surface area contributed by atoms with Crippen molar-refractivity contribution in [2.45, 2.75) is 69.2 Å². The summed E-state index contributed by atoms with van der Waals surface area (Å²) in [7, 11) is 0. The number of carboxylic acids is 2. The third kappa shape index (κ3) is 27.3. The molecule has 0 aliphatic heterocycles. The molecule has 144 valence electrons. The van der Waals surface area contributed by atoms with Gasteiger partial charge < -0.3 is 10.2 Å². The van der Waals surface area contributed by atoms with E-state index in [4.69, 9.17) is 10.2 Å². The predicted molar refractivity (Wildman–Crippen MR) is 88.4 cm³/mol. The zero-order valence-electron chi connectivity index (χ0n) is 16.2. The van der Waals surface area contributed by atoms with Crippen LogP contribution in [0.25, 0.3) is 0 Å². The predicted octanol–water partition coefficient (Wildman–Crippen LogP) is 4.77. The summed E-state index contributed by atoms with van der Waals surface area (Å²) in [4.78, 5) is 20.2. The second-order valence-corrected chi connectivity index (χ2v) is 7.41. The molecular weight excluding hydrogens is 470 g/mol. The number of aliphatic carboxylic acids is 2. The largest absolute Gasteiger partial charge is 0.481 e. The average molecular weight is 507 g/mol. The second-order valence-electron chi connectivity index (χ2n) is 7.41. The first-order valence-corrected chi connectivity index (χ1v) is 7.60. The molecule has 4 nitrogen and oxygen atoms in total. The number of rotatable bonds is 3.